The molecular formula is C9H10INO2. The molecule has 0 amide bonds. The lowest BCUT2D eigenvalue weighted by Crippen LogP contribution is -2.02. The lowest BCUT2D eigenvalue weighted by molar-refractivity contribution is 0.0698. The maximum atomic E-state index is 10.6. The first-order valence-electron chi connectivity index (χ1n) is 3.79. The van der Waals surface area contributed by atoms with Crippen LogP contribution in [-0.4, -0.2) is 11.1 Å². The van der Waals surface area contributed by atoms with Crippen molar-refractivity contribution in [2.24, 2.45) is 0 Å². The lowest BCUT2D eigenvalue weighted by atomic mass is 10.1. The molecule has 70 valence electrons. The van der Waals surface area contributed by atoms with Crippen molar-refractivity contribution in [3.63, 3.8) is 0 Å². The molecule has 0 bridgehead atoms. The molecule has 0 aliphatic carbocycles. The quantitative estimate of drug-likeness (QED) is 0.500. The highest BCUT2D eigenvalue weighted by Gasteiger charge is 2.09. The molecule has 0 aliphatic rings. The van der Waals surface area contributed by atoms with Crippen LogP contribution in [0.1, 0.15) is 26.8 Å². The van der Waals surface area contributed by atoms with Gasteiger partial charge in [-0.2, -0.15) is 0 Å². The first kappa shape index (κ1) is 10.3. The van der Waals surface area contributed by atoms with Crippen LogP contribution in [0.2, 0.25) is 0 Å². The van der Waals surface area contributed by atoms with E-state index in [2.05, 4.69) is 22.6 Å². The van der Waals surface area contributed by atoms with Gasteiger partial charge in [0.05, 0.1) is 5.56 Å². The van der Waals surface area contributed by atoms with Crippen LogP contribution in [-0.2, 0) is 0 Å². The fourth-order valence-electron chi connectivity index (χ4n) is 1.02. The van der Waals surface area contributed by atoms with E-state index in [1.54, 1.807) is 18.2 Å². The van der Waals surface area contributed by atoms with Crippen molar-refractivity contribution >= 4 is 34.2 Å². The summed E-state index contributed by atoms with van der Waals surface area (Å²) in [5.74, 6) is -0.981. The molecule has 1 unspecified atom stereocenters. The Bertz CT molecular complexity index is 336. The van der Waals surface area contributed by atoms with E-state index in [9.17, 15) is 4.79 Å². The van der Waals surface area contributed by atoms with Crippen LogP contribution in [0.4, 0.5) is 5.69 Å². The zero-order valence-corrected chi connectivity index (χ0v) is 9.28. The second-order valence-electron chi connectivity index (χ2n) is 2.77. The smallest absolute Gasteiger partial charge is 0.337 e. The number of rotatable bonds is 2. The molecule has 0 spiro atoms. The third-order valence-corrected chi connectivity index (χ3v) is 2.48. The highest BCUT2D eigenvalue weighted by Crippen LogP contribution is 2.25. The number of nitrogens with two attached hydrogens (primary N) is 1. The number of alkyl halides is 1. The van der Waals surface area contributed by atoms with Crippen LogP contribution in [0.5, 0.6) is 0 Å². The molecule has 0 radical (unpaired) electrons. The van der Waals surface area contributed by atoms with Crippen molar-refractivity contribution in [3.05, 3.63) is 29.3 Å². The zero-order chi connectivity index (χ0) is 10.0. The fourth-order valence-corrected chi connectivity index (χ4v) is 1.41. The van der Waals surface area contributed by atoms with E-state index in [0.29, 0.717) is 9.61 Å². The molecule has 13 heavy (non-hydrogen) atoms. The van der Waals surface area contributed by atoms with E-state index in [4.69, 9.17) is 10.8 Å². The number of carboxylic acids is 1. The summed E-state index contributed by atoms with van der Waals surface area (Å²) < 4.78 is 0.336. The summed E-state index contributed by atoms with van der Waals surface area (Å²) in [4.78, 5) is 10.6. The fraction of sp³-hybridized carbons (Fsp3) is 0.222. The Morgan fingerprint density at radius 1 is 1.62 bits per heavy atom. The first-order chi connectivity index (χ1) is 6.02. The van der Waals surface area contributed by atoms with E-state index in [0.717, 1.165) is 5.56 Å². The largest absolute Gasteiger partial charge is 0.478 e. The third-order valence-electron chi connectivity index (χ3n) is 1.77. The zero-order valence-electron chi connectivity index (χ0n) is 7.12. The van der Waals surface area contributed by atoms with Crippen LogP contribution in [0.25, 0.3) is 0 Å². The second-order valence-corrected chi connectivity index (χ2v) is 4.64. The SMILES string of the molecule is CC(I)c1ccc(C(=O)O)c(N)c1. The van der Waals surface area contributed by atoms with Crippen LogP contribution in [0.3, 0.4) is 0 Å². The number of carboxylic acid groups (broad SMARTS) is 1. The van der Waals surface area contributed by atoms with Crippen LogP contribution in [0.15, 0.2) is 18.2 Å². The molecule has 1 aromatic carbocycles. The summed E-state index contributed by atoms with van der Waals surface area (Å²) in [5.41, 5.74) is 7.12. The minimum absolute atomic E-state index is 0.167. The van der Waals surface area contributed by atoms with Crippen LogP contribution < -0.4 is 5.73 Å². The Kier molecular flexibility index (Phi) is 3.13. The average molecular weight is 291 g/mol. The number of halogens is 1. The second kappa shape index (κ2) is 3.95. The summed E-state index contributed by atoms with van der Waals surface area (Å²) in [6.07, 6.45) is 0. The summed E-state index contributed by atoms with van der Waals surface area (Å²) >= 11 is 2.25. The molecule has 3 nitrogen and oxygen atoms in total. The van der Waals surface area contributed by atoms with Gasteiger partial charge in [0, 0.05) is 9.61 Å². The third kappa shape index (κ3) is 2.33. The van der Waals surface area contributed by atoms with Gasteiger partial charge in [0.25, 0.3) is 0 Å². The van der Waals surface area contributed by atoms with Crippen molar-refractivity contribution in [2.45, 2.75) is 10.8 Å². The molecule has 0 saturated heterocycles. The molecule has 0 heterocycles. The Balaban J connectivity index is 3.13. The molecule has 0 aliphatic heterocycles. The van der Waals surface area contributed by atoms with Gasteiger partial charge in [-0.15, -0.1) is 0 Å². The summed E-state index contributed by atoms with van der Waals surface area (Å²) in [7, 11) is 0. The summed E-state index contributed by atoms with van der Waals surface area (Å²) in [5, 5.41) is 8.71. The standard InChI is InChI=1S/C9H10INO2/c1-5(10)6-2-3-7(9(12)13)8(11)4-6/h2-5H,11H2,1H3,(H,12,13). The summed E-state index contributed by atoms with van der Waals surface area (Å²) in [6.45, 7) is 2.02. The Morgan fingerprint density at radius 2 is 2.23 bits per heavy atom. The maximum absolute atomic E-state index is 10.6. The van der Waals surface area contributed by atoms with Crippen molar-refractivity contribution in [2.75, 3.05) is 5.73 Å². The van der Waals surface area contributed by atoms with E-state index in [1.807, 2.05) is 6.92 Å². The monoisotopic (exact) mass is 291 g/mol. The average Bonchev–Trinajstić information content (AvgIpc) is 2.03. The van der Waals surface area contributed by atoms with Crippen LogP contribution >= 0.6 is 22.6 Å². The molecular weight excluding hydrogens is 281 g/mol. The molecule has 0 saturated carbocycles. The maximum Gasteiger partial charge on any atom is 0.337 e. The van der Waals surface area contributed by atoms with Gasteiger partial charge in [0.15, 0.2) is 0 Å². The predicted molar refractivity (Wildman–Crippen MR) is 60.2 cm³/mol. The van der Waals surface area contributed by atoms with E-state index < -0.39 is 5.97 Å². The van der Waals surface area contributed by atoms with Gasteiger partial charge >= 0.3 is 5.97 Å². The minimum atomic E-state index is -0.981. The van der Waals surface area contributed by atoms with Gasteiger partial charge < -0.3 is 10.8 Å². The number of carbonyl (C=O) groups is 1. The highest BCUT2D eigenvalue weighted by molar-refractivity contribution is 14.1. The first-order valence-corrected chi connectivity index (χ1v) is 5.03. The van der Waals surface area contributed by atoms with E-state index in [-0.39, 0.29) is 5.56 Å². The predicted octanol–water partition coefficient (Wildman–Crippen LogP) is 2.46. The Morgan fingerprint density at radius 3 is 2.62 bits per heavy atom. The normalized spacial score (nSPS) is 12.5. The van der Waals surface area contributed by atoms with Crippen molar-refractivity contribution in [1.82, 2.24) is 0 Å². The molecule has 1 aromatic rings. The van der Waals surface area contributed by atoms with Gasteiger partial charge in [0.2, 0.25) is 0 Å². The molecule has 0 fully saturated rings. The minimum Gasteiger partial charge on any atom is -0.478 e. The number of anilines is 1. The molecule has 0 aromatic heterocycles. The number of benzene rings is 1. The Hall–Kier alpha value is -0.780. The molecule has 1 rings (SSSR count). The van der Waals surface area contributed by atoms with Crippen LogP contribution in [0, 0.1) is 0 Å². The molecule has 3 N–H and O–H groups in total. The number of hydrogen-bond donors (Lipinski definition) is 2. The lowest BCUT2D eigenvalue weighted by Gasteiger charge is -2.06. The molecule has 4 heteroatoms. The van der Waals surface area contributed by atoms with Gasteiger partial charge in [-0.25, -0.2) is 4.79 Å². The van der Waals surface area contributed by atoms with Gasteiger partial charge in [-0.3, -0.25) is 0 Å². The van der Waals surface area contributed by atoms with E-state index in [1.165, 1.54) is 0 Å². The number of nitrogen functional groups attached to an aromatic ring is 1. The van der Waals surface area contributed by atoms with Gasteiger partial charge in [0.1, 0.15) is 0 Å². The highest BCUT2D eigenvalue weighted by atomic mass is 127. The topological polar surface area (TPSA) is 63.3 Å². The number of aromatic carboxylic acids is 1. The van der Waals surface area contributed by atoms with Crippen molar-refractivity contribution in [1.29, 1.82) is 0 Å². The van der Waals surface area contributed by atoms with Crippen molar-refractivity contribution < 1.29 is 9.90 Å². The molecule has 1 atom stereocenters. The Labute approximate surface area is 90.1 Å². The van der Waals surface area contributed by atoms with Crippen molar-refractivity contribution in [3.8, 4) is 0 Å². The van der Waals surface area contributed by atoms with E-state index >= 15 is 0 Å². The summed E-state index contributed by atoms with van der Waals surface area (Å²) in [6, 6.07) is 5.04. The van der Waals surface area contributed by atoms with Gasteiger partial charge in [-0.1, -0.05) is 28.7 Å². The number of hydrogen-bond acceptors (Lipinski definition) is 2. The van der Waals surface area contributed by atoms with Gasteiger partial charge in [-0.05, 0) is 24.6 Å².